The van der Waals surface area contributed by atoms with Crippen molar-refractivity contribution in [3.8, 4) is 11.1 Å². The SMILES string of the molecule is CC(=O)Nc1cc2cc(-c3cc(F)c4oc(N)nc4c3)ccn2n1. The zero-order valence-electron chi connectivity index (χ0n) is 12.6. The molecule has 4 rings (SSSR count). The number of carbonyl (C=O) groups is 1. The molecule has 3 heterocycles. The molecule has 0 atom stereocenters. The molecule has 0 bridgehead atoms. The van der Waals surface area contributed by atoms with Crippen LogP contribution in [0.25, 0.3) is 27.7 Å². The Bertz CT molecular complexity index is 1100. The zero-order valence-corrected chi connectivity index (χ0v) is 12.6. The summed E-state index contributed by atoms with van der Waals surface area (Å²) in [6.07, 6.45) is 1.73. The average molecular weight is 325 g/mol. The first-order valence-electron chi connectivity index (χ1n) is 7.12. The number of rotatable bonds is 2. The Morgan fingerprint density at radius 3 is 2.92 bits per heavy atom. The summed E-state index contributed by atoms with van der Waals surface area (Å²) < 4.78 is 20.8. The summed E-state index contributed by atoms with van der Waals surface area (Å²) in [6, 6.07) is 8.35. The second-order valence-corrected chi connectivity index (χ2v) is 5.35. The van der Waals surface area contributed by atoms with Gasteiger partial charge in [0.25, 0.3) is 6.01 Å². The molecule has 7 nitrogen and oxygen atoms in total. The minimum absolute atomic E-state index is 0.0367. The molecular formula is C16H12FN5O2. The molecule has 120 valence electrons. The lowest BCUT2D eigenvalue weighted by Crippen LogP contribution is -2.06. The molecule has 0 aliphatic carbocycles. The number of aromatic nitrogens is 3. The lowest BCUT2D eigenvalue weighted by Gasteiger charge is -2.03. The van der Waals surface area contributed by atoms with Crippen molar-refractivity contribution in [2.45, 2.75) is 6.92 Å². The molecule has 0 aliphatic heterocycles. The van der Waals surface area contributed by atoms with Gasteiger partial charge in [-0.25, -0.2) is 8.91 Å². The van der Waals surface area contributed by atoms with Gasteiger partial charge in [0.05, 0.1) is 5.52 Å². The monoisotopic (exact) mass is 325 g/mol. The van der Waals surface area contributed by atoms with Crippen LogP contribution in [0.3, 0.4) is 0 Å². The van der Waals surface area contributed by atoms with Gasteiger partial charge >= 0.3 is 0 Å². The first-order valence-corrected chi connectivity index (χ1v) is 7.12. The molecule has 0 saturated heterocycles. The van der Waals surface area contributed by atoms with Crippen LogP contribution in [0, 0.1) is 5.82 Å². The number of nitrogens with one attached hydrogen (secondary N) is 1. The molecule has 4 aromatic rings. The predicted molar refractivity (Wildman–Crippen MR) is 86.9 cm³/mol. The number of carbonyl (C=O) groups excluding carboxylic acids is 1. The highest BCUT2D eigenvalue weighted by molar-refractivity contribution is 5.88. The minimum atomic E-state index is -0.529. The Kier molecular flexibility index (Phi) is 2.99. The third-order valence-corrected chi connectivity index (χ3v) is 3.56. The molecule has 0 radical (unpaired) electrons. The number of nitrogen functional groups attached to an aromatic ring is 1. The summed E-state index contributed by atoms with van der Waals surface area (Å²) >= 11 is 0. The van der Waals surface area contributed by atoms with E-state index >= 15 is 0 Å². The number of nitrogens with zero attached hydrogens (tertiary/aromatic N) is 3. The first-order chi connectivity index (χ1) is 11.5. The first kappa shape index (κ1) is 14.2. The van der Waals surface area contributed by atoms with E-state index < -0.39 is 5.82 Å². The fraction of sp³-hybridized carbons (Fsp3) is 0.0625. The van der Waals surface area contributed by atoms with Gasteiger partial charge in [0, 0.05) is 19.2 Å². The Balaban J connectivity index is 1.82. The normalized spacial score (nSPS) is 11.2. The standard InChI is InChI=1S/C16H12FN5O2/c1-8(23)19-14-7-11-4-9(2-3-22(11)21-14)10-5-12(17)15-13(6-10)20-16(18)24-15/h2-7H,1H3,(H2,18,20)(H,19,21,23). The molecule has 0 spiro atoms. The number of halogens is 1. The van der Waals surface area contributed by atoms with Gasteiger partial charge in [-0.3, -0.25) is 4.79 Å². The van der Waals surface area contributed by atoms with Crippen molar-refractivity contribution < 1.29 is 13.6 Å². The third-order valence-electron chi connectivity index (χ3n) is 3.56. The van der Waals surface area contributed by atoms with Crippen molar-refractivity contribution in [3.05, 3.63) is 42.3 Å². The number of benzene rings is 1. The third kappa shape index (κ3) is 2.34. The summed E-state index contributed by atoms with van der Waals surface area (Å²) in [6.45, 7) is 1.41. The molecule has 3 N–H and O–H groups in total. The van der Waals surface area contributed by atoms with Crippen molar-refractivity contribution in [3.63, 3.8) is 0 Å². The van der Waals surface area contributed by atoms with Crippen LogP contribution in [0.5, 0.6) is 0 Å². The molecule has 0 fully saturated rings. The number of hydrogen-bond acceptors (Lipinski definition) is 5. The van der Waals surface area contributed by atoms with Gasteiger partial charge in [-0.05, 0) is 35.4 Å². The average Bonchev–Trinajstić information content (AvgIpc) is 3.07. The number of fused-ring (bicyclic) bond motifs is 2. The smallest absolute Gasteiger partial charge is 0.293 e. The molecule has 8 heteroatoms. The van der Waals surface area contributed by atoms with Crippen LogP contribution in [-0.4, -0.2) is 20.5 Å². The van der Waals surface area contributed by atoms with Crippen molar-refractivity contribution in [1.82, 2.24) is 14.6 Å². The van der Waals surface area contributed by atoms with E-state index in [0.717, 1.165) is 11.1 Å². The molecule has 0 saturated carbocycles. The quantitative estimate of drug-likeness (QED) is 0.590. The predicted octanol–water partition coefficient (Wildman–Crippen LogP) is 2.82. The van der Waals surface area contributed by atoms with Gasteiger partial charge in [-0.2, -0.15) is 10.1 Å². The van der Waals surface area contributed by atoms with Gasteiger partial charge < -0.3 is 15.5 Å². The fourth-order valence-electron chi connectivity index (χ4n) is 2.59. The highest BCUT2D eigenvalue weighted by Crippen LogP contribution is 2.29. The topological polar surface area (TPSA) is 98.5 Å². The van der Waals surface area contributed by atoms with E-state index in [1.54, 1.807) is 28.9 Å². The maximum absolute atomic E-state index is 14.2. The van der Waals surface area contributed by atoms with E-state index in [1.807, 2.05) is 6.07 Å². The maximum atomic E-state index is 14.2. The van der Waals surface area contributed by atoms with Gasteiger partial charge in [-0.15, -0.1) is 0 Å². The Morgan fingerprint density at radius 1 is 1.29 bits per heavy atom. The van der Waals surface area contributed by atoms with E-state index in [1.165, 1.54) is 13.0 Å². The van der Waals surface area contributed by atoms with E-state index in [2.05, 4.69) is 15.4 Å². The molecule has 3 aromatic heterocycles. The molecular weight excluding hydrogens is 313 g/mol. The summed E-state index contributed by atoms with van der Waals surface area (Å²) in [4.78, 5) is 15.1. The number of anilines is 2. The Labute approximate surface area is 134 Å². The van der Waals surface area contributed by atoms with Crippen LogP contribution in [0.2, 0.25) is 0 Å². The van der Waals surface area contributed by atoms with Crippen LogP contribution < -0.4 is 11.1 Å². The fourth-order valence-corrected chi connectivity index (χ4v) is 2.59. The lowest BCUT2D eigenvalue weighted by molar-refractivity contribution is -0.114. The maximum Gasteiger partial charge on any atom is 0.293 e. The van der Waals surface area contributed by atoms with E-state index in [-0.39, 0.29) is 17.5 Å². The highest BCUT2D eigenvalue weighted by Gasteiger charge is 2.12. The molecule has 0 aliphatic rings. The second kappa shape index (κ2) is 5.05. The second-order valence-electron chi connectivity index (χ2n) is 5.35. The molecule has 24 heavy (non-hydrogen) atoms. The number of nitrogens with two attached hydrogens (primary N) is 1. The lowest BCUT2D eigenvalue weighted by atomic mass is 10.1. The number of amides is 1. The van der Waals surface area contributed by atoms with E-state index in [4.69, 9.17) is 10.2 Å². The summed E-state index contributed by atoms with van der Waals surface area (Å²) in [7, 11) is 0. The van der Waals surface area contributed by atoms with Crippen LogP contribution in [-0.2, 0) is 4.79 Å². The van der Waals surface area contributed by atoms with Gasteiger partial charge in [0.15, 0.2) is 17.2 Å². The number of oxazole rings is 1. The van der Waals surface area contributed by atoms with Gasteiger partial charge in [-0.1, -0.05) is 0 Å². The van der Waals surface area contributed by atoms with Crippen molar-refractivity contribution in [2.24, 2.45) is 0 Å². The minimum Gasteiger partial charge on any atom is -0.421 e. The number of hydrogen-bond donors (Lipinski definition) is 2. The Morgan fingerprint density at radius 2 is 2.12 bits per heavy atom. The zero-order chi connectivity index (χ0) is 16.8. The van der Waals surface area contributed by atoms with Crippen LogP contribution in [0.1, 0.15) is 6.92 Å². The van der Waals surface area contributed by atoms with Crippen molar-refractivity contribution in [1.29, 1.82) is 0 Å². The van der Waals surface area contributed by atoms with Crippen molar-refractivity contribution >= 4 is 34.4 Å². The Hall–Kier alpha value is -3.42. The highest BCUT2D eigenvalue weighted by atomic mass is 19.1. The van der Waals surface area contributed by atoms with Crippen LogP contribution in [0.15, 0.2) is 40.9 Å². The summed E-state index contributed by atoms with van der Waals surface area (Å²) in [5.41, 5.74) is 8.04. The summed E-state index contributed by atoms with van der Waals surface area (Å²) in [5, 5.41) is 6.85. The van der Waals surface area contributed by atoms with Crippen molar-refractivity contribution in [2.75, 3.05) is 11.1 Å². The number of pyridine rings is 1. The van der Waals surface area contributed by atoms with E-state index in [0.29, 0.717) is 16.9 Å². The largest absolute Gasteiger partial charge is 0.421 e. The van der Waals surface area contributed by atoms with Gasteiger partial charge in [0.1, 0.15) is 5.52 Å². The molecule has 1 amide bonds. The van der Waals surface area contributed by atoms with Crippen LogP contribution in [0.4, 0.5) is 16.2 Å². The van der Waals surface area contributed by atoms with Gasteiger partial charge in [0.2, 0.25) is 5.91 Å². The molecule has 0 unspecified atom stereocenters. The van der Waals surface area contributed by atoms with Crippen LogP contribution >= 0.6 is 0 Å². The molecule has 1 aromatic carbocycles. The van der Waals surface area contributed by atoms with E-state index in [9.17, 15) is 9.18 Å². The summed E-state index contributed by atoms with van der Waals surface area (Å²) in [5.74, 6) is -0.278.